The minimum atomic E-state index is -4.16. The minimum absolute atomic E-state index is 0.276. The Hall–Kier alpha value is -2.18. The predicted molar refractivity (Wildman–Crippen MR) is 79.3 cm³/mol. The van der Waals surface area contributed by atoms with E-state index in [1.54, 1.807) is 24.3 Å². The van der Waals surface area contributed by atoms with E-state index in [1.807, 2.05) is 0 Å². The molecule has 22 heavy (non-hydrogen) atoms. The highest BCUT2D eigenvalue weighted by Crippen LogP contribution is 2.25. The smallest absolute Gasteiger partial charge is 0.355 e. The zero-order valence-corrected chi connectivity index (χ0v) is 12.5. The molecule has 3 rings (SSSR count). The van der Waals surface area contributed by atoms with Crippen molar-refractivity contribution in [1.82, 2.24) is 0 Å². The van der Waals surface area contributed by atoms with Crippen LogP contribution in [0.25, 0.3) is 11.0 Å². The monoisotopic (exact) mass is 338 g/mol. The van der Waals surface area contributed by atoms with Crippen LogP contribution in [-0.4, -0.2) is 8.42 Å². The Kier molecular flexibility index (Phi) is 3.50. The summed E-state index contributed by atoms with van der Waals surface area (Å²) in [6.07, 6.45) is 0. The topological polar surface area (TPSA) is 64.3 Å². The molecule has 2 aromatic carbocycles. The van der Waals surface area contributed by atoms with E-state index in [4.69, 9.17) is 16.0 Å². The van der Waals surface area contributed by atoms with Crippen LogP contribution in [0, 0.1) is 5.82 Å². The molecule has 1 heterocycles. The normalized spacial score (nSPS) is 11.7. The van der Waals surface area contributed by atoms with E-state index >= 15 is 0 Å². The Bertz CT molecular complexity index is 1040. The quantitative estimate of drug-likeness (QED) is 0.530. The van der Waals surface area contributed by atoms with E-state index < -0.39 is 26.2 Å². The maximum atomic E-state index is 13.2. The fraction of sp³-hybridized carbons (Fsp3) is 0. The first-order chi connectivity index (χ1) is 10.4. The van der Waals surface area contributed by atoms with Gasteiger partial charge in [-0.1, -0.05) is 29.8 Å². The highest BCUT2D eigenvalue weighted by Gasteiger charge is 2.24. The van der Waals surface area contributed by atoms with Gasteiger partial charge < -0.3 is 4.42 Å². The third-order valence-electron chi connectivity index (χ3n) is 3.10. The Labute approximate surface area is 129 Å². The summed E-state index contributed by atoms with van der Waals surface area (Å²) in [6.45, 7) is 0. The van der Waals surface area contributed by atoms with Gasteiger partial charge in [-0.25, -0.2) is 17.6 Å². The van der Waals surface area contributed by atoms with E-state index in [0.717, 1.165) is 18.2 Å². The van der Waals surface area contributed by atoms with Gasteiger partial charge in [-0.15, -0.1) is 0 Å². The van der Waals surface area contributed by atoms with E-state index in [9.17, 15) is 17.6 Å². The van der Waals surface area contributed by atoms with E-state index in [1.165, 1.54) is 6.07 Å². The summed E-state index contributed by atoms with van der Waals surface area (Å²) in [5.74, 6) is -0.744. The summed E-state index contributed by atoms with van der Waals surface area (Å²) in [4.78, 5) is 11.2. The first-order valence-corrected chi connectivity index (χ1v) is 7.99. The van der Waals surface area contributed by atoms with Gasteiger partial charge in [0.2, 0.25) is 9.84 Å². The number of hydrogen-bond acceptors (Lipinski definition) is 4. The zero-order chi connectivity index (χ0) is 15.9. The molecule has 0 amide bonds. The molecule has 0 atom stereocenters. The second-order valence-corrected chi connectivity index (χ2v) is 6.84. The van der Waals surface area contributed by atoms with Crippen molar-refractivity contribution in [3.63, 3.8) is 0 Å². The van der Waals surface area contributed by atoms with Gasteiger partial charge in [0.25, 0.3) is 0 Å². The average Bonchev–Trinajstić information content (AvgIpc) is 2.49. The van der Waals surface area contributed by atoms with Crippen molar-refractivity contribution in [2.24, 2.45) is 0 Å². The first-order valence-electron chi connectivity index (χ1n) is 6.12. The standard InChI is InChI=1S/C15H8ClFO4S/c16-11-8-10(5-6-12(11)17)22(19,20)14-7-9-3-1-2-4-13(9)21-15(14)18/h1-8H. The van der Waals surface area contributed by atoms with Crippen molar-refractivity contribution in [2.75, 3.05) is 0 Å². The maximum absolute atomic E-state index is 13.2. The lowest BCUT2D eigenvalue weighted by molar-refractivity contribution is 0.532. The number of benzene rings is 2. The van der Waals surface area contributed by atoms with Crippen LogP contribution in [-0.2, 0) is 9.84 Å². The van der Waals surface area contributed by atoms with Gasteiger partial charge in [0, 0.05) is 5.39 Å². The zero-order valence-electron chi connectivity index (χ0n) is 10.9. The van der Waals surface area contributed by atoms with Crippen molar-refractivity contribution in [3.05, 3.63) is 69.8 Å². The molecule has 0 saturated heterocycles. The third-order valence-corrected chi connectivity index (χ3v) is 5.13. The van der Waals surface area contributed by atoms with Crippen LogP contribution in [0.5, 0.6) is 0 Å². The molecular weight excluding hydrogens is 331 g/mol. The Balaban J connectivity index is 2.26. The molecule has 0 unspecified atom stereocenters. The van der Waals surface area contributed by atoms with Crippen molar-refractivity contribution in [3.8, 4) is 0 Å². The second-order valence-electron chi connectivity index (χ2n) is 4.52. The lowest BCUT2D eigenvalue weighted by Gasteiger charge is -2.05. The van der Waals surface area contributed by atoms with Crippen LogP contribution >= 0.6 is 11.6 Å². The molecule has 1 aromatic heterocycles. The molecule has 0 spiro atoms. The Morgan fingerprint density at radius 3 is 2.50 bits per heavy atom. The summed E-state index contributed by atoms with van der Waals surface area (Å²) < 4.78 is 43.2. The number of para-hydroxylation sites is 1. The van der Waals surface area contributed by atoms with Gasteiger partial charge in [-0.05, 0) is 30.3 Å². The van der Waals surface area contributed by atoms with Crippen LogP contribution in [0.1, 0.15) is 0 Å². The molecule has 0 saturated carbocycles. The largest absolute Gasteiger partial charge is 0.422 e. The molecule has 0 radical (unpaired) electrons. The van der Waals surface area contributed by atoms with Crippen LogP contribution in [0.2, 0.25) is 5.02 Å². The summed E-state index contributed by atoms with van der Waals surface area (Å²) in [7, 11) is -4.16. The van der Waals surface area contributed by atoms with Gasteiger partial charge in [0.05, 0.1) is 9.92 Å². The van der Waals surface area contributed by atoms with E-state index in [-0.39, 0.29) is 15.5 Å². The number of hydrogen-bond donors (Lipinski definition) is 0. The fourth-order valence-electron chi connectivity index (χ4n) is 2.00. The molecular formula is C15H8ClFO4S. The summed E-state index contributed by atoms with van der Waals surface area (Å²) in [5.41, 5.74) is -0.706. The highest BCUT2D eigenvalue weighted by atomic mass is 35.5. The van der Waals surface area contributed by atoms with Crippen molar-refractivity contribution >= 4 is 32.4 Å². The molecule has 0 N–H and O–H groups in total. The molecule has 7 heteroatoms. The van der Waals surface area contributed by atoms with Crippen LogP contribution in [0.3, 0.4) is 0 Å². The number of rotatable bonds is 2. The van der Waals surface area contributed by atoms with Gasteiger partial charge in [-0.2, -0.15) is 0 Å². The highest BCUT2D eigenvalue weighted by molar-refractivity contribution is 7.91. The van der Waals surface area contributed by atoms with Gasteiger partial charge >= 0.3 is 5.63 Å². The third kappa shape index (κ3) is 2.40. The van der Waals surface area contributed by atoms with Crippen LogP contribution < -0.4 is 5.63 Å². The summed E-state index contributed by atoms with van der Waals surface area (Å²) in [6, 6.07) is 10.7. The molecule has 0 bridgehead atoms. The lowest BCUT2D eigenvalue weighted by Crippen LogP contribution is -2.14. The number of halogens is 2. The van der Waals surface area contributed by atoms with Gasteiger partial charge in [0.1, 0.15) is 11.4 Å². The van der Waals surface area contributed by atoms with Crippen molar-refractivity contribution in [2.45, 2.75) is 9.79 Å². The Morgan fingerprint density at radius 1 is 1.05 bits per heavy atom. The summed E-state index contributed by atoms with van der Waals surface area (Å²) >= 11 is 5.60. The summed E-state index contributed by atoms with van der Waals surface area (Å²) in [5, 5.41) is 0.125. The molecule has 112 valence electrons. The van der Waals surface area contributed by atoms with Crippen molar-refractivity contribution in [1.29, 1.82) is 0 Å². The molecule has 0 aliphatic heterocycles. The number of fused-ring (bicyclic) bond motifs is 1. The van der Waals surface area contributed by atoms with E-state index in [0.29, 0.717) is 5.39 Å². The molecule has 0 aliphatic rings. The van der Waals surface area contributed by atoms with Gasteiger partial charge in [0.15, 0.2) is 4.90 Å². The molecule has 3 aromatic rings. The molecule has 0 aliphatic carbocycles. The second kappa shape index (κ2) is 5.23. The van der Waals surface area contributed by atoms with Gasteiger partial charge in [-0.3, -0.25) is 0 Å². The first kappa shape index (κ1) is 14.7. The van der Waals surface area contributed by atoms with Crippen LogP contribution in [0.15, 0.2) is 67.5 Å². The minimum Gasteiger partial charge on any atom is -0.422 e. The Morgan fingerprint density at radius 2 is 1.77 bits per heavy atom. The number of sulfone groups is 1. The SMILES string of the molecule is O=c1oc2ccccc2cc1S(=O)(=O)c1ccc(F)c(Cl)c1. The predicted octanol–water partition coefficient (Wildman–Crippen LogP) is 3.42. The van der Waals surface area contributed by atoms with E-state index in [2.05, 4.69) is 0 Å². The average molecular weight is 339 g/mol. The maximum Gasteiger partial charge on any atom is 0.355 e. The molecule has 4 nitrogen and oxygen atoms in total. The van der Waals surface area contributed by atoms with Crippen LogP contribution in [0.4, 0.5) is 4.39 Å². The van der Waals surface area contributed by atoms with Crippen molar-refractivity contribution < 1.29 is 17.2 Å². The fourth-order valence-corrected chi connectivity index (χ4v) is 3.56. The molecule has 0 fully saturated rings. The lowest BCUT2D eigenvalue weighted by atomic mass is 10.2.